The lowest BCUT2D eigenvalue weighted by Gasteiger charge is -2.08. The number of aryl methyl sites for hydroxylation is 1. The van der Waals surface area contributed by atoms with Crippen molar-refractivity contribution in [2.24, 2.45) is 0 Å². The number of nitrogens with one attached hydrogen (secondary N) is 1. The van der Waals surface area contributed by atoms with Gasteiger partial charge in [0.05, 0.1) is 12.7 Å². The van der Waals surface area contributed by atoms with Gasteiger partial charge in [0, 0.05) is 37.1 Å². The first-order valence-corrected chi connectivity index (χ1v) is 6.36. The van der Waals surface area contributed by atoms with Gasteiger partial charge >= 0.3 is 0 Å². The smallest absolute Gasteiger partial charge is 0.253 e. The van der Waals surface area contributed by atoms with E-state index >= 15 is 0 Å². The van der Waals surface area contributed by atoms with E-state index < -0.39 is 0 Å². The summed E-state index contributed by atoms with van der Waals surface area (Å²) in [5.74, 6) is -0.320. The molecule has 0 saturated carbocycles. The monoisotopic (exact) mass is 289 g/mol. The summed E-state index contributed by atoms with van der Waals surface area (Å²) in [5.41, 5.74) is 0.145. The van der Waals surface area contributed by atoms with Gasteiger partial charge in [0.2, 0.25) is 5.91 Å². The molecule has 0 bridgehead atoms. The van der Waals surface area contributed by atoms with Gasteiger partial charge < -0.3 is 5.32 Å². The lowest BCUT2D eigenvalue weighted by Crippen LogP contribution is -2.35. The van der Waals surface area contributed by atoms with Crippen molar-refractivity contribution in [1.82, 2.24) is 24.4 Å². The Labute approximate surface area is 120 Å². The molecule has 2 aromatic rings. The zero-order chi connectivity index (χ0) is 15.2. The molecule has 0 aromatic carbocycles. The highest BCUT2D eigenvalue weighted by molar-refractivity contribution is 5.75. The summed E-state index contributed by atoms with van der Waals surface area (Å²) in [7, 11) is 0. The first-order chi connectivity index (χ1) is 10.1. The van der Waals surface area contributed by atoms with Crippen molar-refractivity contribution in [1.29, 1.82) is 0 Å². The lowest BCUT2D eigenvalue weighted by molar-refractivity contribution is -0.121. The largest absolute Gasteiger partial charge is 0.353 e. The van der Waals surface area contributed by atoms with Gasteiger partial charge in [-0.15, -0.1) is 0 Å². The molecule has 110 valence electrons. The van der Waals surface area contributed by atoms with Gasteiger partial charge in [0.25, 0.3) is 11.1 Å². The molecular formula is C13H15N5O3. The zero-order valence-corrected chi connectivity index (χ0v) is 11.5. The molecule has 1 N–H and O–H groups in total. The van der Waals surface area contributed by atoms with Crippen molar-refractivity contribution in [3.05, 3.63) is 57.4 Å². The molecule has 1 amide bonds. The van der Waals surface area contributed by atoms with Crippen LogP contribution in [0.3, 0.4) is 0 Å². The van der Waals surface area contributed by atoms with E-state index in [4.69, 9.17) is 0 Å². The Balaban J connectivity index is 1.87. The Kier molecular flexibility index (Phi) is 4.60. The normalized spacial score (nSPS) is 10.3. The van der Waals surface area contributed by atoms with Crippen molar-refractivity contribution in [3.8, 4) is 0 Å². The molecule has 0 saturated heterocycles. The highest BCUT2D eigenvalue weighted by Crippen LogP contribution is 1.85. The summed E-state index contributed by atoms with van der Waals surface area (Å²) in [5, 5.41) is 2.63. The van der Waals surface area contributed by atoms with Crippen LogP contribution in [0.15, 0.2) is 40.6 Å². The number of carbonyl (C=O) groups is 1. The summed E-state index contributed by atoms with van der Waals surface area (Å²) in [4.78, 5) is 42.5. The third-order valence-corrected chi connectivity index (χ3v) is 2.80. The summed E-state index contributed by atoms with van der Waals surface area (Å²) in [6.07, 6.45) is 4.15. The molecule has 0 spiro atoms. The predicted molar refractivity (Wildman–Crippen MR) is 74.7 cm³/mol. The Morgan fingerprint density at radius 2 is 2.05 bits per heavy atom. The minimum Gasteiger partial charge on any atom is -0.353 e. The van der Waals surface area contributed by atoms with Gasteiger partial charge in [-0.3, -0.25) is 23.5 Å². The van der Waals surface area contributed by atoms with Crippen LogP contribution in [0.5, 0.6) is 0 Å². The summed E-state index contributed by atoms with van der Waals surface area (Å²) < 4.78 is 2.61. The molecular weight excluding hydrogens is 274 g/mol. The minimum atomic E-state index is -0.320. The highest BCUT2D eigenvalue weighted by atomic mass is 16.2. The second kappa shape index (κ2) is 6.60. The SMILES string of the molecule is Cc1cc(=O)n(CC(=O)NCCn2cnccc2=O)cn1. The Morgan fingerprint density at radius 3 is 2.76 bits per heavy atom. The highest BCUT2D eigenvalue weighted by Gasteiger charge is 2.04. The minimum absolute atomic E-state index is 0.103. The van der Waals surface area contributed by atoms with E-state index in [1.807, 2.05) is 0 Å². The maximum atomic E-state index is 11.7. The van der Waals surface area contributed by atoms with Crippen LogP contribution in [0, 0.1) is 6.92 Å². The molecule has 2 heterocycles. The molecule has 0 aliphatic carbocycles. The van der Waals surface area contributed by atoms with E-state index in [1.165, 1.54) is 40.1 Å². The maximum Gasteiger partial charge on any atom is 0.253 e. The van der Waals surface area contributed by atoms with Gasteiger partial charge in [-0.25, -0.2) is 9.97 Å². The van der Waals surface area contributed by atoms with Crippen molar-refractivity contribution in [2.75, 3.05) is 6.54 Å². The number of aromatic nitrogens is 4. The quantitative estimate of drug-likeness (QED) is 0.755. The fourth-order valence-corrected chi connectivity index (χ4v) is 1.71. The topological polar surface area (TPSA) is 98.9 Å². The molecule has 8 heteroatoms. The van der Waals surface area contributed by atoms with Crippen LogP contribution in [-0.4, -0.2) is 31.6 Å². The predicted octanol–water partition coefficient (Wildman–Crippen LogP) is -1.08. The van der Waals surface area contributed by atoms with Crippen LogP contribution in [-0.2, 0) is 17.9 Å². The summed E-state index contributed by atoms with van der Waals surface area (Å²) >= 11 is 0. The number of carbonyl (C=O) groups excluding carboxylic acids is 1. The van der Waals surface area contributed by atoms with Crippen LogP contribution < -0.4 is 16.4 Å². The fraction of sp³-hybridized carbons (Fsp3) is 0.308. The Hall–Kier alpha value is -2.77. The van der Waals surface area contributed by atoms with Gasteiger partial charge in [-0.1, -0.05) is 0 Å². The molecule has 8 nitrogen and oxygen atoms in total. The van der Waals surface area contributed by atoms with Crippen LogP contribution in [0.1, 0.15) is 5.69 Å². The van der Waals surface area contributed by atoms with Crippen LogP contribution in [0.4, 0.5) is 0 Å². The molecule has 2 rings (SSSR count). The van der Waals surface area contributed by atoms with Gasteiger partial charge in [0.15, 0.2) is 0 Å². The molecule has 0 aliphatic rings. The van der Waals surface area contributed by atoms with E-state index in [9.17, 15) is 14.4 Å². The number of hydrogen-bond acceptors (Lipinski definition) is 5. The lowest BCUT2D eigenvalue weighted by atomic mass is 10.4. The molecule has 0 atom stereocenters. The molecule has 0 unspecified atom stereocenters. The number of amides is 1. The molecule has 0 aliphatic heterocycles. The van der Waals surface area contributed by atoms with Crippen molar-refractivity contribution >= 4 is 5.91 Å². The zero-order valence-electron chi connectivity index (χ0n) is 11.5. The number of hydrogen-bond donors (Lipinski definition) is 1. The van der Waals surface area contributed by atoms with E-state index in [0.717, 1.165) is 0 Å². The average Bonchev–Trinajstić information content (AvgIpc) is 2.44. The number of nitrogens with zero attached hydrogens (tertiary/aromatic N) is 4. The maximum absolute atomic E-state index is 11.7. The van der Waals surface area contributed by atoms with Gasteiger partial charge in [0.1, 0.15) is 6.54 Å². The second-order valence-electron chi connectivity index (χ2n) is 4.46. The van der Waals surface area contributed by atoms with Gasteiger partial charge in [-0.05, 0) is 6.92 Å². The van der Waals surface area contributed by atoms with E-state index in [1.54, 1.807) is 6.92 Å². The molecule has 2 aromatic heterocycles. The second-order valence-corrected chi connectivity index (χ2v) is 4.46. The first kappa shape index (κ1) is 14.6. The fourth-order valence-electron chi connectivity index (χ4n) is 1.71. The number of rotatable bonds is 5. The standard InChI is InChI=1S/C13H15N5O3/c1-10-6-13(21)18(9-16-10)7-11(19)15-4-5-17-8-14-3-2-12(17)20/h2-3,6,8-9H,4-5,7H2,1H3,(H,15,19). The van der Waals surface area contributed by atoms with Crippen molar-refractivity contribution in [2.45, 2.75) is 20.0 Å². The van der Waals surface area contributed by atoms with Crippen molar-refractivity contribution < 1.29 is 4.79 Å². The van der Waals surface area contributed by atoms with Gasteiger partial charge in [-0.2, -0.15) is 0 Å². The van der Waals surface area contributed by atoms with E-state index in [2.05, 4.69) is 15.3 Å². The van der Waals surface area contributed by atoms with E-state index in [0.29, 0.717) is 12.2 Å². The Morgan fingerprint density at radius 1 is 1.24 bits per heavy atom. The third kappa shape index (κ3) is 4.10. The molecule has 0 radical (unpaired) electrons. The molecule has 0 fully saturated rings. The van der Waals surface area contributed by atoms with E-state index in [-0.39, 0.29) is 30.1 Å². The van der Waals surface area contributed by atoms with Crippen LogP contribution in [0.2, 0.25) is 0 Å². The summed E-state index contributed by atoms with van der Waals surface area (Å²) in [6.45, 7) is 2.20. The average molecular weight is 289 g/mol. The summed E-state index contributed by atoms with van der Waals surface area (Å²) in [6, 6.07) is 2.71. The third-order valence-electron chi connectivity index (χ3n) is 2.80. The molecule has 21 heavy (non-hydrogen) atoms. The first-order valence-electron chi connectivity index (χ1n) is 6.36. The van der Waals surface area contributed by atoms with Crippen LogP contribution >= 0.6 is 0 Å². The van der Waals surface area contributed by atoms with Crippen molar-refractivity contribution in [3.63, 3.8) is 0 Å². The van der Waals surface area contributed by atoms with Crippen LogP contribution in [0.25, 0.3) is 0 Å². The Bertz CT molecular complexity index is 750.